The first-order valence-corrected chi connectivity index (χ1v) is 13.8. The fraction of sp³-hybridized carbons (Fsp3) is 0.759. The average Bonchev–Trinajstić information content (AvgIpc) is 2.81. The molecule has 0 saturated carbocycles. The van der Waals surface area contributed by atoms with Gasteiger partial charge in [0.2, 0.25) is 6.41 Å². The molecule has 35 heavy (non-hydrogen) atoms. The molecule has 1 fully saturated rings. The molecule has 0 aliphatic carbocycles. The van der Waals surface area contributed by atoms with Gasteiger partial charge in [0, 0.05) is 12.8 Å². The highest BCUT2D eigenvalue weighted by Crippen LogP contribution is 2.32. The number of nitrogens with one attached hydrogen (secondary N) is 1. The first kappa shape index (κ1) is 30.9. The first-order chi connectivity index (χ1) is 16.9. The number of unbranched alkanes of at least 4 members (excludes halogenated alkanes) is 6. The minimum atomic E-state index is -0.668. The molecule has 200 valence electrons. The number of amides is 1. The van der Waals surface area contributed by atoms with E-state index >= 15 is 0 Å². The summed E-state index contributed by atoms with van der Waals surface area (Å²) in [5, 5.41) is 2.59. The lowest BCUT2D eigenvalue weighted by molar-refractivity contribution is -0.190. The van der Waals surface area contributed by atoms with Gasteiger partial charge in [-0.2, -0.15) is 0 Å². The molecule has 1 N–H and O–H groups in total. The molecule has 6 heteroatoms. The molecule has 1 saturated heterocycles. The van der Waals surface area contributed by atoms with Crippen LogP contribution in [0.1, 0.15) is 111 Å². The molecule has 1 heterocycles. The Hall–Kier alpha value is -2.11. The summed E-state index contributed by atoms with van der Waals surface area (Å²) in [4.78, 5) is 35.9. The minimum absolute atomic E-state index is 0.109. The molecule has 0 aromatic rings. The van der Waals surface area contributed by atoms with Crippen molar-refractivity contribution in [1.82, 2.24) is 5.32 Å². The number of carbonyl (C=O) groups excluding carboxylic acids is 3. The van der Waals surface area contributed by atoms with Crippen molar-refractivity contribution in [3.63, 3.8) is 0 Å². The molecular weight excluding hydrogens is 442 g/mol. The minimum Gasteiger partial charge on any atom is -0.461 e. The van der Waals surface area contributed by atoms with E-state index in [2.05, 4.69) is 37.4 Å². The number of esters is 2. The lowest BCUT2D eigenvalue weighted by Gasteiger charge is -2.37. The smallest absolute Gasteiger partial charge is 0.328 e. The van der Waals surface area contributed by atoms with Crippen LogP contribution in [0, 0.1) is 11.8 Å². The quantitative estimate of drug-likeness (QED) is 0.0865. The van der Waals surface area contributed by atoms with Crippen LogP contribution >= 0.6 is 0 Å². The van der Waals surface area contributed by atoms with Crippen molar-refractivity contribution < 1.29 is 23.9 Å². The predicted octanol–water partition coefficient (Wildman–Crippen LogP) is 6.43. The van der Waals surface area contributed by atoms with Gasteiger partial charge in [-0.05, 0) is 38.0 Å². The molecule has 0 spiro atoms. The molecule has 0 unspecified atom stereocenters. The molecule has 1 amide bonds. The van der Waals surface area contributed by atoms with E-state index in [1.165, 1.54) is 25.7 Å². The van der Waals surface area contributed by atoms with Crippen molar-refractivity contribution in [1.29, 1.82) is 0 Å². The van der Waals surface area contributed by atoms with Crippen LogP contribution in [0.5, 0.6) is 0 Å². The Balaban J connectivity index is 2.70. The number of rotatable bonds is 21. The third kappa shape index (κ3) is 13.5. The lowest BCUT2D eigenvalue weighted by atomic mass is 9.87. The van der Waals surface area contributed by atoms with E-state index in [4.69, 9.17) is 9.47 Å². The first-order valence-electron chi connectivity index (χ1n) is 13.8. The summed E-state index contributed by atoms with van der Waals surface area (Å²) in [6, 6.07) is -0.668. The molecule has 0 aromatic heterocycles. The lowest BCUT2D eigenvalue weighted by Crippen LogP contribution is -2.48. The van der Waals surface area contributed by atoms with Gasteiger partial charge in [0.15, 0.2) is 0 Å². The van der Waals surface area contributed by atoms with Gasteiger partial charge in [-0.15, -0.1) is 0 Å². The van der Waals surface area contributed by atoms with Crippen molar-refractivity contribution in [3.8, 4) is 0 Å². The Morgan fingerprint density at radius 2 is 1.74 bits per heavy atom. The highest BCUT2D eigenvalue weighted by molar-refractivity contribution is 5.79. The van der Waals surface area contributed by atoms with Gasteiger partial charge in [-0.25, -0.2) is 4.79 Å². The Bertz CT molecular complexity index is 657. The maximum atomic E-state index is 12.8. The molecular formula is C29H49NO5. The maximum absolute atomic E-state index is 12.8. The van der Waals surface area contributed by atoms with Crippen molar-refractivity contribution in [3.05, 3.63) is 24.3 Å². The average molecular weight is 492 g/mol. The second kappa shape index (κ2) is 19.1. The van der Waals surface area contributed by atoms with Crippen molar-refractivity contribution >= 4 is 18.3 Å². The molecule has 1 aliphatic heterocycles. The van der Waals surface area contributed by atoms with E-state index in [1.807, 2.05) is 19.9 Å². The fourth-order valence-electron chi connectivity index (χ4n) is 4.34. The van der Waals surface area contributed by atoms with Gasteiger partial charge < -0.3 is 14.8 Å². The summed E-state index contributed by atoms with van der Waals surface area (Å²) < 4.78 is 11.3. The molecule has 0 radical (unpaired) electrons. The normalized spacial score (nSPS) is 19.5. The van der Waals surface area contributed by atoms with Gasteiger partial charge in [0.05, 0.1) is 5.92 Å². The zero-order chi connectivity index (χ0) is 25.9. The van der Waals surface area contributed by atoms with E-state index in [1.54, 1.807) is 0 Å². The number of cyclic esters (lactones) is 1. The zero-order valence-corrected chi connectivity index (χ0v) is 22.5. The molecule has 0 aromatic carbocycles. The Labute approximate surface area is 213 Å². The monoisotopic (exact) mass is 491 g/mol. The van der Waals surface area contributed by atoms with Gasteiger partial charge >= 0.3 is 11.9 Å². The fourth-order valence-corrected chi connectivity index (χ4v) is 4.34. The summed E-state index contributed by atoms with van der Waals surface area (Å²) in [7, 11) is 0. The SMILES string of the molecule is CCCCC/C=C\C/C=C/C[C@@H](C[C@@H]1OC(=O)[C@H]1CCCCCC)OC(=O)[C@H](CC(C)C)NC=O. The van der Waals surface area contributed by atoms with Gasteiger partial charge in [0.25, 0.3) is 0 Å². The Morgan fingerprint density at radius 1 is 1.03 bits per heavy atom. The van der Waals surface area contributed by atoms with Crippen LogP contribution in [0.15, 0.2) is 24.3 Å². The van der Waals surface area contributed by atoms with Crippen LogP contribution in [-0.4, -0.2) is 36.6 Å². The standard InChI is InChI=1S/C29H49NO5/c1-5-7-9-11-12-13-14-15-16-18-24(34-29(33)26(30-22-31)20-23(3)4)21-27-25(28(32)35-27)19-17-10-8-6-2/h12-13,15-16,22-27H,5-11,14,17-21H2,1-4H3,(H,30,31)/b13-12-,16-15+/t24-,25-,26-,27-/m0/s1. The molecule has 6 nitrogen and oxygen atoms in total. The van der Waals surface area contributed by atoms with Crippen LogP contribution in [0.3, 0.4) is 0 Å². The second-order valence-electron chi connectivity index (χ2n) is 10.1. The molecule has 1 rings (SSSR count). The number of ether oxygens (including phenoxy) is 2. The van der Waals surface area contributed by atoms with Crippen molar-refractivity contribution in [2.75, 3.05) is 0 Å². The second-order valence-corrected chi connectivity index (χ2v) is 10.1. The Kier molecular flexibility index (Phi) is 16.9. The summed E-state index contributed by atoms with van der Waals surface area (Å²) in [6.45, 7) is 8.37. The van der Waals surface area contributed by atoms with Crippen LogP contribution in [0.25, 0.3) is 0 Å². The molecule has 4 atom stereocenters. The Morgan fingerprint density at radius 3 is 2.40 bits per heavy atom. The van der Waals surface area contributed by atoms with Crippen LogP contribution in [0.2, 0.25) is 0 Å². The summed E-state index contributed by atoms with van der Waals surface area (Å²) in [5.74, 6) is -0.434. The van der Waals surface area contributed by atoms with Crippen LogP contribution < -0.4 is 5.32 Å². The van der Waals surface area contributed by atoms with Crippen molar-refractivity contribution in [2.45, 2.75) is 129 Å². The predicted molar refractivity (Wildman–Crippen MR) is 141 cm³/mol. The van der Waals surface area contributed by atoms with Crippen LogP contribution in [-0.2, 0) is 23.9 Å². The number of allylic oxidation sites excluding steroid dienone is 3. The third-order valence-electron chi connectivity index (χ3n) is 6.41. The van der Waals surface area contributed by atoms with Crippen molar-refractivity contribution in [2.24, 2.45) is 11.8 Å². The van der Waals surface area contributed by atoms with Gasteiger partial charge in [-0.1, -0.05) is 90.5 Å². The summed E-state index contributed by atoms with van der Waals surface area (Å²) in [5.41, 5.74) is 0. The molecule has 0 bridgehead atoms. The zero-order valence-electron chi connectivity index (χ0n) is 22.5. The topological polar surface area (TPSA) is 81.7 Å². The number of hydrogen-bond donors (Lipinski definition) is 1. The van der Waals surface area contributed by atoms with E-state index in [0.29, 0.717) is 25.7 Å². The van der Waals surface area contributed by atoms with E-state index in [0.717, 1.165) is 38.5 Å². The summed E-state index contributed by atoms with van der Waals surface area (Å²) >= 11 is 0. The summed E-state index contributed by atoms with van der Waals surface area (Å²) in [6.07, 6.45) is 21.0. The number of hydrogen-bond acceptors (Lipinski definition) is 5. The van der Waals surface area contributed by atoms with Crippen LogP contribution in [0.4, 0.5) is 0 Å². The van der Waals surface area contributed by atoms with Gasteiger partial charge in [-0.3, -0.25) is 9.59 Å². The highest BCUT2D eigenvalue weighted by atomic mass is 16.6. The maximum Gasteiger partial charge on any atom is 0.328 e. The van der Waals surface area contributed by atoms with Gasteiger partial charge in [0.1, 0.15) is 18.2 Å². The number of carbonyl (C=O) groups is 3. The highest BCUT2D eigenvalue weighted by Gasteiger charge is 2.43. The van der Waals surface area contributed by atoms with E-state index in [-0.39, 0.29) is 23.9 Å². The van der Waals surface area contributed by atoms with E-state index in [9.17, 15) is 14.4 Å². The largest absolute Gasteiger partial charge is 0.461 e. The molecule has 1 aliphatic rings. The third-order valence-corrected chi connectivity index (χ3v) is 6.41. The van der Waals surface area contributed by atoms with E-state index < -0.39 is 18.1 Å².